The molecule has 0 saturated heterocycles. The van der Waals surface area contributed by atoms with Gasteiger partial charge < -0.3 is 4.42 Å². The van der Waals surface area contributed by atoms with E-state index in [1.807, 2.05) is 0 Å². The Hall–Kier alpha value is -3.07. The molecule has 1 aromatic carbocycles. The number of rotatable bonds is 4. The lowest BCUT2D eigenvalue weighted by molar-refractivity contribution is -0.384. The van der Waals surface area contributed by atoms with E-state index in [0.717, 1.165) is 5.56 Å². The lowest BCUT2D eigenvalue weighted by atomic mass is 10.1. The fraction of sp³-hybridized carbons (Fsp3) is 0. The summed E-state index contributed by atoms with van der Waals surface area (Å²) in [5, 5.41) is 21.0. The normalized spacial score (nSPS) is 11.1. The van der Waals surface area contributed by atoms with E-state index in [2.05, 4.69) is 15.3 Å². The molecule has 0 atom stereocenters. The molecule has 0 saturated carbocycles. The summed E-state index contributed by atoms with van der Waals surface area (Å²) in [6, 6.07) is 9.61. The van der Waals surface area contributed by atoms with Gasteiger partial charge in [-0.2, -0.15) is 14.9 Å². The quantitative estimate of drug-likeness (QED) is 0.345. The first-order valence-corrected chi connectivity index (χ1v) is 6.55. The molecule has 2 heterocycles. The first kappa shape index (κ1) is 13.9. The second kappa shape index (κ2) is 5.74. The third-order valence-electron chi connectivity index (χ3n) is 2.83. The molecule has 3 aromatic rings. The summed E-state index contributed by atoms with van der Waals surface area (Å²) in [6.07, 6.45) is 2.94. The van der Waals surface area contributed by atoms with Gasteiger partial charge >= 0.3 is 0 Å². The van der Waals surface area contributed by atoms with Gasteiger partial charge in [0, 0.05) is 17.7 Å². The van der Waals surface area contributed by atoms with Crippen molar-refractivity contribution in [2.24, 2.45) is 5.10 Å². The van der Waals surface area contributed by atoms with Gasteiger partial charge in [0.05, 0.1) is 11.1 Å². The molecule has 0 radical (unpaired) electrons. The summed E-state index contributed by atoms with van der Waals surface area (Å²) < 4.78 is 7.38. The molecule has 0 aliphatic heterocycles. The van der Waals surface area contributed by atoms with Crippen LogP contribution >= 0.6 is 12.2 Å². The maximum Gasteiger partial charge on any atom is 0.269 e. The fourth-order valence-corrected chi connectivity index (χ4v) is 1.92. The zero-order valence-corrected chi connectivity index (χ0v) is 11.9. The van der Waals surface area contributed by atoms with Crippen molar-refractivity contribution in [1.29, 1.82) is 0 Å². The molecule has 1 N–H and O–H groups in total. The van der Waals surface area contributed by atoms with E-state index in [1.165, 1.54) is 29.4 Å². The first-order chi connectivity index (χ1) is 10.6. The van der Waals surface area contributed by atoms with Crippen LogP contribution in [0.4, 0.5) is 5.69 Å². The van der Waals surface area contributed by atoms with Crippen molar-refractivity contribution in [3.05, 3.63) is 63.4 Å². The second-order valence-corrected chi connectivity index (χ2v) is 4.64. The van der Waals surface area contributed by atoms with Crippen molar-refractivity contribution >= 4 is 24.1 Å². The third kappa shape index (κ3) is 2.83. The van der Waals surface area contributed by atoms with Crippen LogP contribution in [0.3, 0.4) is 0 Å². The lowest BCUT2D eigenvalue weighted by Gasteiger charge is -1.96. The van der Waals surface area contributed by atoms with Crippen LogP contribution in [0.15, 0.2) is 52.2 Å². The van der Waals surface area contributed by atoms with Crippen LogP contribution in [0.2, 0.25) is 0 Å². The number of nitro groups is 1. The van der Waals surface area contributed by atoms with E-state index in [-0.39, 0.29) is 5.69 Å². The Bertz CT molecular complexity index is 891. The molecular weight excluding hydrogens is 306 g/mol. The molecule has 0 fully saturated rings. The number of aromatic nitrogens is 3. The molecule has 0 aliphatic carbocycles. The van der Waals surface area contributed by atoms with E-state index in [1.54, 1.807) is 24.3 Å². The predicted octanol–water partition coefficient (Wildman–Crippen LogP) is 2.99. The predicted molar refractivity (Wildman–Crippen MR) is 81.2 cm³/mol. The van der Waals surface area contributed by atoms with Crippen LogP contribution in [-0.4, -0.2) is 26.0 Å². The van der Waals surface area contributed by atoms with Gasteiger partial charge in [0.25, 0.3) is 5.69 Å². The maximum absolute atomic E-state index is 10.6. The Morgan fingerprint density at radius 2 is 2.09 bits per heavy atom. The number of nitrogens with one attached hydrogen (secondary N) is 1. The molecule has 0 spiro atoms. The largest absolute Gasteiger partial charge is 0.455 e. The average molecular weight is 315 g/mol. The summed E-state index contributed by atoms with van der Waals surface area (Å²) in [6.45, 7) is 0. The van der Waals surface area contributed by atoms with Gasteiger partial charge in [0.2, 0.25) is 4.77 Å². The maximum atomic E-state index is 10.6. The number of aromatic amines is 1. The molecule has 0 aliphatic rings. The number of nitro benzene ring substituents is 1. The first-order valence-electron chi connectivity index (χ1n) is 6.14. The highest BCUT2D eigenvalue weighted by Gasteiger charge is 2.07. The van der Waals surface area contributed by atoms with E-state index in [0.29, 0.717) is 16.3 Å². The van der Waals surface area contributed by atoms with E-state index in [4.69, 9.17) is 16.6 Å². The van der Waals surface area contributed by atoms with Gasteiger partial charge in [-0.1, -0.05) is 0 Å². The molecule has 110 valence electrons. The third-order valence-corrected chi connectivity index (χ3v) is 3.11. The summed E-state index contributed by atoms with van der Waals surface area (Å²) >= 11 is 4.96. The number of hydrogen-bond acceptors (Lipinski definition) is 6. The number of H-pyrrole nitrogens is 1. The highest BCUT2D eigenvalue weighted by molar-refractivity contribution is 7.71. The molecule has 2 aromatic heterocycles. The average Bonchev–Trinajstić information content (AvgIpc) is 3.14. The smallest absolute Gasteiger partial charge is 0.269 e. The Kier molecular flexibility index (Phi) is 3.62. The molecule has 0 amide bonds. The fourth-order valence-electron chi connectivity index (χ4n) is 1.77. The van der Waals surface area contributed by atoms with Crippen LogP contribution in [0, 0.1) is 14.9 Å². The minimum Gasteiger partial charge on any atom is -0.455 e. The van der Waals surface area contributed by atoms with Crippen LogP contribution in [0.1, 0.15) is 5.76 Å². The van der Waals surface area contributed by atoms with Crippen molar-refractivity contribution in [2.75, 3.05) is 0 Å². The number of hydrogen-bond donors (Lipinski definition) is 1. The molecule has 0 bridgehead atoms. The topological polar surface area (TPSA) is 102 Å². The number of furan rings is 1. The van der Waals surface area contributed by atoms with E-state index >= 15 is 0 Å². The summed E-state index contributed by atoms with van der Waals surface area (Å²) in [7, 11) is 0. The van der Waals surface area contributed by atoms with Crippen LogP contribution in [0.25, 0.3) is 11.3 Å². The molecule has 0 unspecified atom stereocenters. The SMILES string of the molecule is O=[N+]([O-])c1ccc(-c2ccc(/C=N\n3cn[nH]c3=S)o2)cc1. The van der Waals surface area contributed by atoms with E-state index in [9.17, 15) is 10.1 Å². The standard InChI is InChI=1S/C13H9N5O3S/c19-18(20)10-3-1-9(2-4-10)12-6-5-11(21-12)7-15-17-8-14-16-13(17)22/h1-8H,(H,16,22)/b15-7-. The van der Waals surface area contributed by atoms with Gasteiger partial charge in [-0.15, -0.1) is 0 Å². The van der Waals surface area contributed by atoms with Crippen molar-refractivity contribution in [2.45, 2.75) is 0 Å². The van der Waals surface area contributed by atoms with Crippen LogP contribution in [0.5, 0.6) is 0 Å². The molecule has 8 nitrogen and oxygen atoms in total. The lowest BCUT2D eigenvalue weighted by Crippen LogP contribution is -1.87. The van der Waals surface area contributed by atoms with Gasteiger partial charge in [-0.05, 0) is 36.5 Å². The molecular formula is C13H9N5O3S. The Balaban J connectivity index is 1.81. The Labute approximate surface area is 128 Å². The number of non-ortho nitro benzene ring substituents is 1. The molecule has 22 heavy (non-hydrogen) atoms. The van der Waals surface area contributed by atoms with Crippen LogP contribution < -0.4 is 0 Å². The van der Waals surface area contributed by atoms with Gasteiger partial charge in [-0.25, -0.2) is 0 Å². The molecule has 9 heteroatoms. The Morgan fingerprint density at radius 3 is 2.73 bits per heavy atom. The number of benzene rings is 1. The minimum atomic E-state index is -0.446. The second-order valence-electron chi connectivity index (χ2n) is 4.26. The van der Waals surface area contributed by atoms with Crippen LogP contribution in [-0.2, 0) is 0 Å². The minimum absolute atomic E-state index is 0.0337. The molecule has 3 rings (SSSR count). The zero-order valence-electron chi connectivity index (χ0n) is 11.0. The highest BCUT2D eigenvalue weighted by atomic mass is 32.1. The van der Waals surface area contributed by atoms with Crippen molar-refractivity contribution in [1.82, 2.24) is 14.9 Å². The zero-order chi connectivity index (χ0) is 15.5. The summed E-state index contributed by atoms with van der Waals surface area (Å²) in [4.78, 5) is 10.2. The van der Waals surface area contributed by atoms with Crippen molar-refractivity contribution in [3.63, 3.8) is 0 Å². The van der Waals surface area contributed by atoms with Gasteiger partial charge in [-0.3, -0.25) is 15.2 Å². The Morgan fingerprint density at radius 1 is 1.32 bits per heavy atom. The van der Waals surface area contributed by atoms with E-state index < -0.39 is 4.92 Å². The van der Waals surface area contributed by atoms with Gasteiger partial charge in [0.15, 0.2) is 0 Å². The highest BCUT2D eigenvalue weighted by Crippen LogP contribution is 2.23. The van der Waals surface area contributed by atoms with Gasteiger partial charge in [0.1, 0.15) is 17.8 Å². The van der Waals surface area contributed by atoms with Crippen molar-refractivity contribution < 1.29 is 9.34 Å². The number of nitrogens with zero attached hydrogens (tertiary/aromatic N) is 4. The summed E-state index contributed by atoms with van der Waals surface area (Å²) in [5.74, 6) is 1.11. The summed E-state index contributed by atoms with van der Waals surface area (Å²) in [5.41, 5.74) is 0.775. The van der Waals surface area contributed by atoms with Crippen molar-refractivity contribution in [3.8, 4) is 11.3 Å². The monoisotopic (exact) mass is 315 g/mol.